The summed E-state index contributed by atoms with van der Waals surface area (Å²) in [6.07, 6.45) is 6.78. The van der Waals surface area contributed by atoms with Crippen LogP contribution in [0.5, 0.6) is 11.5 Å². The molecule has 3 aliphatic carbocycles. The van der Waals surface area contributed by atoms with Crippen LogP contribution in [0.3, 0.4) is 0 Å². The summed E-state index contributed by atoms with van der Waals surface area (Å²) >= 11 is 0. The summed E-state index contributed by atoms with van der Waals surface area (Å²) in [5.41, 5.74) is 10.1. The first-order valence-corrected chi connectivity index (χ1v) is 10.8. The van der Waals surface area contributed by atoms with Crippen molar-refractivity contribution in [1.82, 2.24) is 0 Å². The highest BCUT2D eigenvalue weighted by Crippen LogP contribution is 2.60. The minimum atomic E-state index is -0.0883. The molecule has 0 heterocycles. The van der Waals surface area contributed by atoms with Crippen LogP contribution in [-0.4, -0.2) is 21.4 Å². The van der Waals surface area contributed by atoms with Gasteiger partial charge in [-0.05, 0) is 116 Å². The maximum atomic E-state index is 10.4. The molecule has 5 rings (SSSR count). The zero-order valence-corrected chi connectivity index (χ0v) is 17.4. The Balaban J connectivity index is 0.000000192. The lowest BCUT2D eigenvalue weighted by Crippen LogP contribution is -2.43. The van der Waals surface area contributed by atoms with Crippen LogP contribution in [0.25, 0.3) is 0 Å². The largest absolute Gasteiger partial charge is 0.508 e. The van der Waals surface area contributed by atoms with E-state index in [-0.39, 0.29) is 17.3 Å². The number of benzene rings is 2. The van der Waals surface area contributed by atoms with E-state index in [1.807, 2.05) is 19.1 Å². The molecule has 5 N–H and O–H groups in total. The first-order valence-electron chi connectivity index (χ1n) is 10.8. The summed E-state index contributed by atoms with van der Waals surface area (Å²) in [6, 6.07) is 10.8. The van der Waals surface area contributed by atoms with Crippen LogP contribution in [0, 0.1) is 24.2 Å². The minimum absolute atomic E-state index is 0.0883. The van der Waals surface area contributed by atoms with Crippen molar-refractivity contribution in [2.75, 3.05) is 5.73 Å². The molecule has 2 fully saturated rings. The Labute approximate surface area is 173 Å². The molecule has 4 nitrogen and oxygen atoms in total. The fourth-order valence-corrected chi connectivity index (χ4v) is 6.20. The number of nitrogen functional groups attached to an aromatic ring is 1. The molecular formula is C25H33NO3. The van der Waals surface area contributed by atoms with Gasteiger partial charge in [-0.2, -0.15) is 0 Å². The van der Waals surface area contributed by atoms with Crippen LogP contribution in [0.2, 0.25) is 0 Å². The number of hydrogen-bond acceptors (Lipinski definition) is 4. The Kier molecular flexibility index (Phi) is 5.24. The molecule has 156 valence electrons. The highest BCUT2D eigenvalue weighted by Gasteiger charge is 2.54. The molecule has 0 bridgehead atoms. The van der Waals surface area contributed by atoms with Crippen LogP contribution in [-0.2, 0) is 6.42 Å². The van der Waals surface area contributed by atoms with Crippen LogP contribution in [0.15, 0.2) is 36.4 Å². The number of nitrogens with two attached hydrogens (primary N) is 1. The molecule has 0 spiro atoms. The number of hydrogen-bond donors (Lipinski definition) is 4. The van der Waals surface area contributed by atoms with Crippen molar-refractivity contribution in [3.8, 4) is 11.5 Å². The van der Waals surface area contributed by atoms with E-state index in [0.717, 1.165) is 30.7 Å². The second-order valence-corrected chi connectivity index (χ2v) is 9.48. The van der Waals surface area contributed by atoms with Crippen molar-refractivity contribution in [3.63, 3.8) is 0 Å². The fourth-order valence-electron chi connectivity index (χ4n) is 6.20. The molecule has 2 aromatic carbocycles. The van der Waals surface area contributed by atoms with Crippen LogP contribution in [0.4, 0.5) is 5.69 Å². The monoisotopic (exact) mass is 395 g/mol. The number of phenolic OH excluding ortho intramolecular Hbond substituents is 2. The third-order valence-electron chi connectivity index (χ3n) is 7.91. The fraction of sp³-hybridized carbons (Fsp3) is 0.520. The van der Waals surface area contributed by atoms with E-state index in [2.05, 4.69) is 13.0 Å². The number of aryl methyl sites for hydroxylation is 2. The molecule has 5 atom stereocenters. The number of aliphatic hydroxyl groups is 1. The molecule has 4 heteroatoms. The first-order chi connectivity index (χ1) is 13.8. The van der Waals surface area contributed by atoms with E-state index in [0.29, 0.717) is 23.3 Å². The molecule has 2 aromatic rings. The lowest BCUT2D eigenvalue weighted by atomic mass is 9.55. The molecule has 2 saturated carbocycles. The SMILES string of the molecule is C[C@]12CC[C@@H]3c4ccc(O)cc4CC[C@H]3[C@@H]1CC[C@@H]2O.Cc1cc(O)ccc1N. The molecule has 0 aromatic heterocycles. The highest BCUT2D eigenvalue weighted by atomic mass is 16.3. The average molecular weight is 396 g/mol. The van der Waals surface area contributed by atoms with Crippen molar-refractivity contribution in [2.24, 2.45) is 17.3 Å². The van der Waals surface area contributed by atoms with Gasteiger partial charge >= 0.3 is 0 Å². The summed E-state index contributed by atoms with van der Waals surface area (Å²) < 4.78 is 0. The Hall–Kier alpha value is -2.20. The minimum Gasteiger partial charge on any atom is -0.508 e. The van der Waals surface area contributed by atoms with Gasteiger partial charge in [0.25, 0.3) is 0 Å². The molecular weight excluding hydrogens is 362 g/mol. The lowest BCUT2D eigenvalue weighted by molar-refractivity contribution is -0.0226. The average Bonchev–Trinajstić information content (AvgIpc) is 3.00. The maximum Gasteiger partial charge on any atom is 0.115 e. The maximum absolute atomic E-state index is 10.4. The van der Waals surface area contributed by atoms with Crippen molar-refractivity contribution in [2.45, 2.75) is 64.4 Å². The van der Waals surface area contributed by atoms with Crippen LogP contribution >= 0.6 is 0 Å². The number of fused-ring (bicyclic) bond motifs is 5. The predicted molar refractivity (Wildman–Crippen MR) is 116 cm³/mol. The van der Waals surface area contributed by atoms with Crippen molar-refractivity contribution in [1.29, 1.82) is 0 Å². The molecule has 0 saturated heterocycles. The van der Waals surface area contributed by atoms with E-state index in [1.165, 1.54) is 30.4 Å². The standard InChI is InChI=1S/C18H24O2.C7H9NO/c1-18-9-8-14-13-5-3-12(19)10-11(13)2-4-15(14)16(18)6-7-17(18)20;1-5-4-6(9)2-3-7(5)8/h3,5,10,14-17,19-20H,2,4,6-9H2,1H3;2-4,9H,8H2,1H3/t14-,15-,16+,17+,18+;/m1./s1. The predicted octanol–water partition coefficient (Wildman–Crippen LogP) is 4.89. The smallest absolute Gasteiger partial charge is 0.115 e. The Morgan fingerprint density at radius 1 is 0.966 bits per heavy atom. The van der Waals surface area contributed by atoms with Gasteiger partial charge in [-0.3, -0.25) is 0 Å². The number of aliphatic hydroxyl groups excluding tert-OH is 1. The summed E-state index contributed by atoms with van der Waals surface area (Å²) in [4.78, 5) is 0. The van der Waals surface area contributed by atoms with Gasteiger partial charge in [0.05, 0.1) is 6.10 Å². The van der Waals surface area contributed by atoms with Gasteiger partial charge in [-0.15, -0.1) is 0 Å². The first kappa shape index (κ1) is 20.1. The van der Waals surface area contributed by atoms with Crippen molar-refractivity contribution in [3.05, 3.63) is 53.1 Å². The van der Waals surface area contributed by atoms with Crippen molar-refractivity contribution < 1.29 is 15.3 Å². The van der Waals surface area contributed by atoms with Gasteiger partial charge < -0.3 is 21.1 Å². The van der Waals surface area contributed by atoms with Gasteiger partial charge in [0.1, 0.15) is 11.5 Å². The van der Waals surface area contributed by atoms with E-state index >= 15 is 0 Å². The number of aromatic hydroxyl groups is 2. The summed E-state index contributed by atoms with van der Waals surface area (Å²) in [7, 11) is 0. The summed E-state index contributed by atoms with van der Waals surface area (Å²) in [5, 5.41) is 28.9. The Morgan fingerprint density at radius 2 is 1.69 bits per heavy atom. The number of anilines is 1. The lowest BCUT2D eigenvalue weighted by Gasteiger charge is -2.50. The quantitative estimate of drug-likeness (QED) is 0.378. The Bertz CT molecular complexity index is 896. The van der Waals surface area contributed by atoms with E-state index in [1.54, 1.807) is 18.2 Å². The number of rotatable bonds is 0. The third kappa shape index (κ3) is 3.59. The molecule has 0 aliphatic heterocycles. The zero-order valence-electron chi connectivity index (χ0n) is 17.4. The van der Waals surface area contributed by atoms with Crippen LogP contribution < -0.4 is 5.73 Å². The van der Waals surface area contributed by atoms with E-state index in [9.17, 15) is 10.2 Å². The second kappa shape index (κ2) is 7.56. The van der Waals surface area contributed by atoms with Gasteiger partial charge in [-0.1, -0.05) is 13.0 Å². The molecule has 0 unspecified atom stereocenters. The normalized spacial score (nSPS) is 32.4. The summed E-state index contributed by atoms with van der Waals surface area (Å²) in [5.74, 6) is 2.75. The van der Waals surface area contributed by atoms with Gasteiger partial charge in [0.15, 0.2) is 0 Å². The molecule has 0 amide bonds. The van der Waals surface area contributed by atoms with Gasteiger partial charge in [-0.25, -0.2) is 0 Å². The van der Waals surface area contributed by atoms with Crippen molar-refractivity contribution >= 4 is 5.69 Å². The summed E-state index contributed by atoms with van der Waals surface area (Å²) in [6.45, 7) is 4.17. The van der Waals surface area contributed by atoms with E-state index < -0.39 is 0 Å². The van der Waals surface area contributed by atoms with Gasteiger partial charge in [0.2, 0.25) is 0 Å². The second-order valence-electron chi connectivity index (χ2n) is 9.48. The Morgan fingerprint density at radius 3 is 2.41 bits per heavy atom. The molecule has 0 radical (unpaired) electrons. The topological polar surface area (TPSA) is 86.7 Å². The third-order valence-corrected chi connectivity index (χ3v) is 7.91. The zero-order chi connectivity index (χ0) is 20.8. The van der Waals surface area contributed by atoms with E-state index in [4.69, 9.17) is 10.8 Å². The highest BCUT2D eigenvalue weighted by molar-refractivity contribution is 5.49. The molecule has 3 aliphatic rings. The molecule has 29 heavy (non-hydrogen) atoms. The number of phenols is 2. The van der Waals surface area contributed by atoms with Gasteiger partial charge in [0, 0.05) is 5.69 Å². The van der Waals surface area contributed by atoms with Crippen LogP contribution in [0.1, 0.15) is 61.6 Å².